The van der Waals surface area contributed by atoms with Crippen LogP contribution in [0.1, 0.15) is 15.9 Å². The van der Waals surface area contributed by atoms with Crippen LogP contribution in [-0.4, -0.2) is 19.1 Å². The van der Waals surface area contributed by atoms with Crippen molar-refractivity contribution in [1.82, 2.24) is 5.32 Å². The molecule has 0 atom stereocenters. The molecule has 2 rings (SSSR count). The average molecular weight is 183 g/mol. The van der Waals surface area contributed by atoms with Crippen LogP contribution >= 0.6 is 11.3 Å². The number of thiophene rings is 1. The Morgan fingerprint density at radius 3 is 3.33 bits per heavy atom. The molecule has 4 heteroatoms. The van der Waals surface area contributed by atoms with Crippen LogP contribution in [0.3, 0.4) is 0 Å². The lowest BCUT2D eigenvalue weighted by molar-refractivity contribution is 0.0957. The maximum atomic E-state index is 11.4. The molecule has 0 saturated heterocycles. The molecule has 0 radical (unpaired) electrons. The van der Waals surface area contributed by atoms with Gasteiger partial charge in [0.05, 0.1) is 12.1 Å². The van der Waals surface area contributed by atoms with Crippen molar-refractivity contribution >= 4 is 17.2 Å². The molecule has 0 fully saturated rings. The molecule has 0 saturated carbocycles. The third-order valence-electron chi connectivity index (χ3n) is 1.79. The van der Waals surface area contributed by atoms with E-state index in [9.17, 15) is 4.79 Å². The Balaban J connectivity index is 2.49. The number of nitrogens with one attached hydrogen (secondary N) is 1. The van der Waals surface area contributed by atoms with E-state index in [1.165, 1.54) is 11.3 Å². The van der Waals surface area contributed by atoms with Crippen molar-refractivity contribution in [3.05, 3.63) is 16.5 Å². The molecule has 1 aliphatic rings. The fraction of sp³-hybridized carbons (Fsp3) is 0.375. The molecule has 0 aromatic carbocycles. The van der Waals surface area contributed by atoms with Crippen LogP contribution in [0.25, 0.3) is 0 Å². The van der Waals surface area contributed by atoms with E-state index >= 15 is 0 Å². The van der Waals surface area contributed by atoms with E-state index in [0.29, 0.717) is 18.7 Å². The Hall–Kier alpha value is -1.03. The van der Waals surface area contributed by atoms with E-state index < -0.39 is 0 Å². The zero-order chi connectivity index (χ0) is 8.55. The highest BCUT2D eigenvalue weighted by atomic mass is 32.1. The van der Waals surface area contributed by atoms with E-state index in [1.54, 1.807) is 0 Å². The smallest absolute Gasteiger partial charge is 0.256 e. The van der Waals surface area contributed by atoms with Gasteiger partial charge in [-0.1, -0.05) is 0 Å². The molecule has 0 unspecified atom stereocenters. The molecule has 0 spiro atoms. The molecule has 1 aromatic rings. The lowest BCUT2D eigenvalue weighted by Crippen LogP contribution is -2.24. The Bertz CT molecular complexity index is 319. The monoisotopic (exact) mass is 183 g/mol. The summed E-state index contributed by atoms with van der Waals surface area (Å²) in [6.45, 7) is 3.09. The largest absolute Gasteiger partial charge is 0.481 e. The molecular formula is C8H9NO2S. The van der Waals surface area contributed by atoms with Crippen molar-refractivity contribution in [2.75, 3.05) is 13.2 Å². The number of amides is 1. The van der Waals surface area contributed by atoms with Gasteiger partial charge in [0, 0.05) is 0 Å². The van der Waals surface area contributed by atoms with Crippen molar-refractivity contribution in [3.63, 3.8) is 0 Å². The van der Waals surface area contributed by atoms with Crippen molar-refractivity contribution in [2.45, 2.75) is 6.92 Å². The quantitative estimate of drug-likeness (QED) is 0.656. The number of hydrogen-bond acceptors (Lipinski definition) is 3. The molecule has 1 aliphatic heterocycles. The highest BCUT2D eigenvalue weighted by Crippen LogP contribution is 2.30. The van der Waals surface area contributed by atoms with E-state index in [1.807, 2.05) is 12.3 Å². The van der Waals surface area contributed by atoms with E-state index in [-0.39, 0.29) is 5.91 Å². The summed E-state index contributed by atoms with van der Waals surface area (Å²) in [4.78, 5) is 11.4. The first kappa shape index (κ1) is 7.61. The molecule has 1 N–H and O–H groups in total. The summed E-state index contributed by atoms with van der Waals surface area (Å²) in [5.74, 6) is -0.0127. The van der Waals surface area contributed by atoms with Gasteiger partial charge in [0.15, 0.2) is 5.06 Å². The minimum absolute atomic E-state index is 0.0127. The molecule has 0 bridgehead atoms. The van der Waals surface area contributed by atoms with Crippen molar-refractivity contribution in [3.8, 4) is 5.06 Å². The minimum atomic E-state index is -0.0127. The highest BCUT2D eigenvalue weighted by Gasteiger charge is 2.19. The second-order valence-electron chi connectivity index (χ2n) is 2.69. The molecule has 1 amide bonds. The predicted molar refractivity (Wildman–Crippen MR) is 46.9 cm³/mol. The highest BCUT2D eigenvalue weighted by molar-refractivity contribution is 7.12. The van der Waals surface area contributed by atoms with E-state index in [4.69, 9.17) is 4.74 Å². The van der Waals surface area contributed by atoms with Gasteiger partial charge in [-0.05, 0) is 17.9 Å². The van der Waals surface area contributed by atoms with Crippen molar-refractivity contribution < 1.29 is 9.53 Å². The number of ether oxygens (including phenoxy) is 1. The average Bonchev–Trinajstić information content (AvgIpc) is 2.29. The minimum Gasteiger partial charge on any atom is -0.481 e. The summed E-state index contributed by atoms with van der Waals surface area (Å²) in [6.07, 6.45) is 0. The van der Waals surface area contributed by atoms with Gasteiger partial charge < -0.3 is 10.1 Å². The molecule has 1 aromatic heterocycles. The van der Waals surface area contributed by atoms with Gasteiger partial charge in [0.2, 0.25) is 0 Å². The number of carbonyl (C=O) groups is 1. The molecule has 2 heterocycles. The summed E-state index contributed by atoms with van der Waals surface area (Å²) in [7, 11) is 0. The zero-order valence-electron chi connectivity index (χ0n) is 6.72. The number of hydrogen-bond donors (Lipinski definition) is 1. The van der Waals surface area contributed by atoms with Crippen LogP contribution in [0.15, 0.2) is 5.38 Å². The number of carbonyl (C=O) groups excluding carboxylic acids is 1. The predicted octanol–water partition coefficient (Wildman–Crippen LogP) is 1.18. The fourth-order valence-electron chi connectivity index (χ4n) is 1.20. The van der Waals surface area contributed by atoms with Crippen molar-refractivity contribution in [1.29, 1.82) is 0 Å². The van der Waals surface area contributed by atoms with Gasteiger partial charge in [-0.3, -0.25) is 4.79 Å². The normalized spacial score (nSPS) is 15.9. The van der Waals surface area contributed by atoms with Crippen LogP contribution in [0.4, 0.5) is 0 Å². The van der Waals surface area contributed by atoms with Gasteiger partial charge in [-0.15, -0.1) is 11.3 Å². The van der Waals surface area contributed by atoms with Gasteiger partial charge in [0.25, 0.3) is 5.91 Å². The SMILES string of the molecule is Cc1csc2c1C(=O)NCCO2. The standard InChI is InChI=1S/C8H9NO2S/c1-5-4-12-8-6(5)7(10)9-2-3-11-8/h4H,2-3H2,1H3,(H,9,10). The van der Waals surface area contributed by atoms with Crippen LogP contribution < -0.4 is 10.1 Å². The molecule has 0 aliphatic carbocycles. The summed E-state index contributed by atoms with van der Waals surface area (Å²) in [6, 6.07) is 0. The number of fused-ring (bicyclic) bond motifs is 1. The van der Waals surface area contributed by atoms with Crippen LogP contribution in [-0.2, 0) is 0 Å². The van der Waals surface area contributed by atoms with Crippen LogP contribution in [0, 0.1) is 6.92 Å². The lowest BCUT2D eigenvalue weighted by Gasteiger charge is -1.97. The first-order valence-electron chi connectivity index (χ1n) is 3.78. The first-order valence-corrected chi connectivity index (χ1v) is 4.66. The third kappa shape index (κ3) is 1.08. The summed E-state index contributed by atoms with van der Waals surface area (Å²) in [5, 5.41) is 5.46. The maximum Gasteiger partial charge on any atom is 0.256 e. The zero-order valence-corrected chi connectivity index (χ0v) is 7.53. The topological polar surface area (TPSA) is 38.3 Å². The summed E-state index contributed by atoms with van der Waals surface area (Å²) < 4.78 is 5.37. The van der Waals surface area contributed by atoms with Crippen molar-refractivity contribution in [2.24, 2.45) is 0 Å². The number of rotatable bonds is 0. The fourth-order valence-corrected chi connectivity index (χ4v) is 2.12. The Labute approximate surface area is 74.4 Å². The van der Waals surface area contributed by atoms with Crippen LogP contribution in [0.5, 0.6) is 5.06 Å². The van der Waals surface area contributed by atoms with Gasteiger partial charge in [-0.2, -0.15) is 0 Å². The lowest BCUT2D eigenvalue weighted by atomic mass is 10.2. The Kier molecular flexibility index (Phi) is 1.77. The summed E-state index contributed by atoms with van der Waals surface area (Å²) >= 11 is 1.49. The Morgan fingerprint density at radius 2 is 2.50 bits per heavy atom. The first-order chi connectivity index (χ1) is 5.79. The maximum absolute atomic E-state index is 11.4. The second kappa shape index (κ2) is 2.79. The second-order valence-corrected chi connectivity index (χ2v) is 3.53. The molecule has 64 valence electrons. The molecular weight excluding hydrogens is 174 g/mol. The Morgan fingerprint density at radius 1 is 1.67 bits per heavy atom. The van der Waals surface area contributed by atoms with Gasteiger partial charge in [-0.25, -0.2) is 0 Å². The molecule has 12 heavy (non-hydrogen) atoms. The van der Waals surface area contributed by atoms with E-state index in [0.717, 1.165) is 10.6 Å². The van der Waals surface area contributed by atoms with E-state index in [2.05, 4.69) is 5.32 Å². The third-order valence-corrected chi connectivity index (χ3v) is 2.80. The summed E-state index contributed by atoms with van der Waals surface area (Å²) in [5.41, 5.74) is 1.70. The van der Waals surface area contributed by atoms with Crippen LogP contribution in [0.2, 0.25) is 0 Å². The van der Waals surface area contributed by atoms with Gasteiger partial charge in [0.1, 0.15) is 6.61 Å². The number of aryl methyl sites for hydroxylation is 1. The molecule has 3 nitrogen and oxygen atoms in total. The van der Waals surface area contributed by atoms with Gasteiger partial charge >= 0.3 is 0 Å².